The summed E-state index contributed by atoms with van der Waals surface area (Å²) in [4.78, 5) is 0. The van der Waals surface area contributed by atoms with Crippen LogP contribution in [0.5, 0.6) is 0 Å². The SMILES string of the molecule is CCCCCCCCCCCCC(O)([PH2]=O)C(O)CO. The minimum Gasteiger partial charge on any atom is -0.394 e. The van der Waals surface area contributed by atoms with Crippen LogP contribution in [0.15, 0.2) is 0 Å². The highest BCUT2D eigenvalue weighted by Gasteiger charge is 2.33. The normalized spacial score (nSPS) is 16.6. The van der Waals surface area contributed by atoms with Crippen molar-refractivity contribution in [2.75, 3.05) is 6.61 Å². The third kappa shape index (κ3) is 9.12. The molecule has 0 aliphatic rings. The lowest BCUT2D eigenvalue weighted by Crippen LogP contribution is -2.39. The van der Waals surface area contributed by atoms with Crippen LogP contribution in [-0.4, -0.2) is 33.4 Å². The van der Waals surface area contributed by atoms with Gasteiger partial charge in [0.1, 0.15) is 11.4 Å². The molecule has 122 valence electrons. The molecule has 0 aliphatic heterocycles. The lowest BCUT2D eigenvalue weighted by molar-refractivity contribution is -0.0444. The highest BCUT2D eigenvalue weighted by Crippen LogP contribution is 2.30. The van der Waals surface area contributed by atoms with Crippen LogP contribution in [0.3, 0.4) is 0 Å². The van der Waals surface area contributed by atoms with Gasteiger partial charge in [-0.1, -0.05) is 71.1 Å². The molecule has 0 saturated carbocycles. The Labute approximate surface area is 124 Å². The van der Waals surface area contributed by atoms with E-state index in [0.29, 0.717) is 6.42 Å². The zero-order chi connectivity index (χ0) is 15.3. The van der Waals surface area contributed by atoms with E-state index in [1.807, 2.05) is 0 Å². The summed E-state index contributed by atoms with van der Waals surface area (Å²) >= 11 is 0. The largest absolute Gasteiger partial charge is 0.394 e. The van der Waals surface area contributed by atoms with Crippen LogP contribution in [0.4, 0.5) is 0 Å². The first-order valence-electron chi connectivity index (χ1n) is 8.08. The third-order valence-electron chi connectivity index (χ3n) is 3.88. The number of unbranched alkanes of at least 4 members (excludes halogenated alkanes) is 9. The lowest BCUT2D eigenvalue weighted by Gasteiger charge is -2.26. The Bertz CT molecular complexity index is 238. The van der Waals surface area contributed by atoms with Crippen molar-refractivity contribution in [2.24, 2.45) is 0 Å². The van der Waals surface area contributed by atoms with Crippen LogP contribution in [0.1, 0.15) is 77.6 Å². The molecule has 0 aromatic heterocycles. The Balaban J connectivity index is 3.49. The van der Waals surface area contributed by atoms with Gasteiger partial charge in [0.15, 0.2) is 0 Å². The van der Waals surface area contributed by atoms with Gasteiger partial charge in [-0.2, -0.15) is 0 Å². The minimum absolute atomic E-state index is 0.310. The second kappa shape index (κ2) is 12.8. The molecule has 0 aromatic rings. The minimum atomic E-state index is -1.57. The summed E-state index contributed by atoms with van der Waals surface area (Å²) in [5.41, 5.74) is 0. The number of hydrogen-bond acceptors (Lipinski definition) is 4. The maximum atomic E-state index is 11.0. The van der Waals surface area contributed by atoms with Crippen molar-refractivity contribution in [3.8, 4) is 0 Å². The molecular formula is C15H33O4P. The first kappa shape index (κ1) is 20.1. The van der Waals surface area contributed by atoms with Gasteiger partial charge in [0.25, 0.3) is 0 Å². The van der Waals surface area contributed by atoms with Gasteiger partial charge in [-0.25, -0.2) is 0 Å². The molecule has 0 rings (SSSR count). The van der Waals surface area contributed by atoms with Crippen LogP contribution in [0, 0.1) is 0 Å². The number of hydrogen-bond donors (Lipinski definition) is 3. The fourth-order valence-corrected chi connectivity index (χ4v) is 2.94. The molecular weight excluding hydrogens is 275 g/mol. The van der Waals surface area contributed by atoms with Gasteiger partial charge in [0.2, 0.25) is 0 Å². The van der Waals surface area contributed by atoms with E-state index < -0.39 is 26.5 Å². The van der Waals surface area contributed by atoms with E-state index >= 15 is 0 Å². The van der Waals surface area contributed by atoms with E-state index in [2.05, 4.69) is 6.92 Å². The van der Waals surface area contributed by atoms with E-state index in [9.17, 15) is 14.8 Å². The monoisotopic (exact) mass is 308 g/mol. The van der Waals surface area contributed by atoms with E-state index in [1.165, 1.54) is 44.9 Å². The van der Waals surface area contributed by atoms with Gasteiger partial charge in [-0.05, 0) is 6.42 Å². The van der Waals surface area contributed by atoms with Crippen LogP contribution in [0.25, 0.3) is 0 Å². The lowest BCUT2D eigenvalue weighted by atomic mass is 10.0. The molecule has 20 heavy (non-hydrogen) atoms. The maximum Gasteiger partial charge on any atom is 0.140 e. The average Bonchev–Trinajstić information content (AvgIpc) is 2.48. The second-order valence-electron chi connectivity index (χ2n) is 5.74. The number of aliphatic hydroxyl groups excluding tert-OH is 2. The first-order chi connectivity index (χ1) is 9.60. The molecule has 4 nitrogen and oxygen atoms in total. The number of rotatable bonds is 14. The van der Waals surface area contributed by atoms with Crippen LogP contribution in [0.2, 0.25) is 0 Å². The summed E-state index contributed by atoms with van der Waals surface area (Å²) in [7, 11) is -1.50. The van der Waals surface area contributed by atoms with Crippen LogP contribution in [-0.2, 0) is 4.57 Å². The predicted octanol–water partition coefficient (Wildman–Crippen LogP) is 3.10. The average molecular weight is 308 g/mol. The van der Waals surface area contributed by atoms with E-state index in [0.717, 1.165) is 19.3 Å². The van der Waals surface area contributed by atoms with Crippen molar-refractivity contribution >= 4 is 8.46 Å². The fourth-order valence-electron chi connectivity index (χ4n) is 2.36. The Hall–Kier alpha value is 0.110. The van der Waals surface area contributed by atoms with Gasteiger partial charge in [0, 0.05) is 0 Å². The Morgan fingerprint density at radius 2 is 1.40 bits per heavy atom. The van der Waals surface area contributed by atoms with Crippen molar-refractivity contribution in [3.63, 3.8) is 0 Å². The molecule has 0 amide bonds. The molecule has 0 spiro atoms. The van der Waals surface area contributed by atoms with E-state index in [-0.39, 0.29) is 0 Å². The van der Waals surface area contributed by atoms with Crippen molar-refractivity contribution < 1.29 is 19.9 Å². The maximum absolute atomic E-state index is 11.0. The molecule has 0 bridgehead atoms. The Kier molecular flexibility index (Phi) is 12.9. The smallest absolute Gasteiger partial charge is 0.140 e. The summed E-state index contributed by atoms with van der Waals surface area (Å²) in [6.07, 6.45) is 10.9. The van der Waals surface area contributed by atoms with Crippen LogP contribution >= 0.6 is 8.46 Å². The van der Waals surface area contributed by atoms with E-state index in [1.54, 1.807) is 0 Å². The molecule has 0 aromatic carbocycles. The van der Waals surface area contributed by atoms with Gasteiger partial charge >= 0.3 is 0 Å². The van der Waals surface area contributed by atoms with E-state index in [4.69, 9.17) is 5.11 Å². The van der Waals surface area contributed by atoms with Gasteiger partial charge in [0.05, 0.1) is 15.1 Å². The second-order valence-corrected chi connectivity index (χ2v) is 6.97. The summed E-state index contributed by atoms with van der Waals surface area (Å²) in [6.45, 7) is 1.68. The Morgan fingerprint density at radius 3 is 1.80 bits per heavy atom. The molecule has 0 fully saturated rings. The topological polar surface area (TPSA) is 77.8 Å². The molecule has 0 saturated heterocycles. The molecule has 3 N–H and O–H groups in total. The van der Waals surface area contributed by atoms with Crippen molar-refractivity contribution in [1.29, 1.82) is 0 Å². The zero-order valence-electron chi connectivity index (χ0n) is 12.9. The zero-order valence-corrected chi connectivity index (χ0v) is 14.0. The molecule has 3 unspecified atom stereocenters. The Morgan fingerprint density at radius 1 is 0.950 bits per heavy atom. The fraction of sp³-hybridized carbons (Fsp3) is 1.00. The summed E-state index contributed by atoms with van der Waals surface area (Å²) in [5, 5.41) is 26.6. The van der Waals surface area contributed by atoms with Gasteiger partial charge < -0.3 is 19.9 Å². The quantitative estimate of drug-likeness (QED) is 0.340. The summed E-state index contributed by atoms with van der Waals surface area (Å²) in [5.74, 6) is 0. The van der Waals surface area contributed by atoms with Crippen molar-refractivity contribution in [3.05, 3.63) is 0 Å². The highest BCUT2D eigenvalue weighted by atomic mass is 31.1. The summed E-state index contributed by atoms with van der Waals surface area (Å²) in [6, 6.07) is 0. The number of aliphatic hydroxyl groups is 3. The predicted molar refractivity (Wildman–Crippen MR) is 84.9 cm³/mol. The third-order valence-corrected chi connectivity index (χ3v) is 4.97. The standard InChI is InChI=1S/C15H33O4P/c1-2-3-4-5-6-7-8-9-10-11-12-15(18,20-19)14(17)13-16/h14,16-18H,2-13,20H2,1H3. The molecule has 0 aliphatic carbocycles. The van der Waals surface area contributed by atoms with Gasteiger partial charge in [-0.3, -0.25) is 0 Å². The van der Waals surface area contributed by atoms with Crippen LogP contribution < -0.4 is 0 Å². The van der Waals surface area contributed by atoms with Gasteiger partial charge in [-0.15, -0.1) is 0 Å². The molecule has 3 atom stereocenters. The first-order valence-corrected chi connectivity index (χ1v) is 9.13. The molecule has 5 heteroatoms. The van der Waals surface area contributed by atoms with Crippen molar-refractivity contribution in [2.45, 2.75) is 89.0 Å². The molecule has 0 radical (unpaired) electrons. The molecule has 0 heterocycles. The van der Waals surface area contributed by atoms with Crippen molar-refractivity contribution in [1.82, 2.24) is 0 Å². The summed E-state index contributed by atoms with van der Waals surface area (Å²) < 4.78 is 11.0. The highest BCUT2D eigenvalue weighted by molar-refractivity contribution is 7.25.